The van der Waals surface area contributed by atoms with Crippen LogP contribution >= 0.6 is 0 Å². The number of aromatic nitrogens is 2. The number of benzene rings is 1. The van der Waals surface area contributed by atoms with Gasteiger partial charge in [0, 0.05) is 12.6 Å². The van der Waals surface area contributed by atoms with E-state index in [1.807, 2.05) is 6.07 Å². The molecule has 3 nitrogen and oxygen atoms in total. The first-order valence-corrected chi connectivity index (χ1v) is 5.50. The molecule has 3 rings (SSSR count). The highest BCUT2D eigenvalue weighted by Gasteiger charge is 2.20. The first kappa shape index (κ1) is 8.92. The molecular formula is C12H15N3. The van der Waals surface area contributed by atoms with Crippen molar-refractivity contribution in [3.05, 3.63) is 30.1 Å². The molecule has 1 aromatic carbocycles. The van der Waals surface area contributed by atoms with Gasteiger partial charge >= 0.3 is 0 Å². The second-order valence-electron chi connectivity index (χ2n) is 4.16. The number of para-hydroxylation sites is 2. The Bertz CT molecular complexity index is 481. The average molecular weight is 201 g/mol. The zero-order valence-corrected chi connectivity index (χ0v) is 8.90. The highest BCUT2D eigenvalue weighted by Crippen LogP contribution is 2.24. The van der Waals surface area contributed by atoms with Gasteiger partial charge in [-0.15, -0.1) is 0 Å². The summed E-state index contributed by atoms with van der Waals surface area (Å²) >= 11 is 0. The number of hydrogen-bond acceptors (Lipinski definition) is 2. The summed E-state index contributed by atoms with van der Waals surface area (Å²) in [6.45, 7) is 4.29. The van der Waals surface area contributed by atoms with Crippen molar-refractivity contribution in [1.82, 2.24) is 14.9 Å². The van der Waals surface area contributed by atoms with Crippen LogP contribution in [0.3, 0.4) is 0 Å². The molecule has 0 bridgehead atoms. The van der Waals surface area contributed by atoms with Gasteiger partial charge in [0.2, 0.25) is 0 Å². The van der Waals surface area contributed by atoms with Crippen LogP contribution in [0.4, 0.5) is 0 Å². The van der Waals surface area contributed by atoms with Crippen molar-refractivity contribution in [2.24, 2.45) is 0 Å². The van der Waals surface area contributed by atoms with Gasteiger partial charge in [-0.05, 0) is 32.0 Å². The van der Waals surface area contributed by atoms with E-state index >= 15 is 0 Å². The lowest BCUT2D eigenvalue weighted by Crippen LogP contribution is -2.14. The van der Waals surface area contributed by atoms with E-state index in [4.69, 9.17) is 0 Å². The summed E-state index contributed by atoms with van der Waals surface area (Å²) in [5.41, 5.74) is 2.38. The van der Waals surface area contributed by atoms with Gasteiger partial charge in [0.25, 0.3) is 0 Å². The molecule has 1 atom stereocenters. The van der Waals surface area contributed by atoms with Gasteiger partial charge in [0.05, 0.1) is 11.0 Å². The van der Waals surface area contributed by atoms with Gasteiger partial charge in [-0.2, -0.15) is 0 Å². The molecule has 1 aromatic heterocycles. The summed E-state index contributed by atoms with van der Waals surface area (Å²) in [6.07, 6.45) is 1.21. The van der Waals surface area contributed by atoms with Crippen LogP contribution in [0, 0.1) is 6.92 Å². The van der Waals surface area contributed by atoms with Crippen LogP contribution in [0.25, 0.3) is 11.0 Å². The molecule has 2 aromatic rings. The summed E-state index contributed by atoms with van der Waals surface area (Å²) in [7, 11) is 0. The van der Waals surface area contributed by atoms with Crippen molar-refractivity contribution in [1.29, 1.82) is 0 Å². The molecule has 15 heavy (non-hydrogen) atoms. The largest absolute Gasteiger partial charge is 0.324 e. The Kier molecular flexibility index (Phi) is 1.99. The Morgan fingerprint density at radius 1 is 1.40 bits per heavy atom. The van der Waals surface area contributed by atoms with Crippen molar-refractivity contribution < 1.29 is 0 Å². The maximum Gasteiger partial charge on any atom is 0.107 e. The minimum absolute atomic E-state index is 0.581. The first-order valence-electron chi connectivity index (χ1n) is 5.50. The van der Waals surface area contributed by atoms with Gasteiger partial charge in [0.1, 0.15) is 5.82 Å². The zero-order chi connectivity index (χ0) is 10.3. The van der Waals surface area contributed by atoms with Crippen LogP contribution in [-0.2, 0) is 0 Å². The molecule has 0 aliphatic carbocycles. The lowest BCUT2D eigenvalue weighted by atomic mass is 10.2. The molecule has 78 valence electrons. The predicted molar refractivity (Wildman–Crippen MR) is 61.0 cm³/mol. The molecule has 1 N–H and O–H groups in total. The Labute approximate surface area is 89.1 Å². The van der Waals surface area contributed by atoms with Gasteiger partial charge < -0.3 is 9.88 Å². The van der Waals surface area contributed by atoms with E-state index in [0.717, 1.165) is 24.4 Å². The second-order valence-corrected chi connectivity index (χ2v) is 4.16. The van der Waals surface area contributed by atoms with E-state index in [1.165, 1.54) is 11.9 Å². The van der Waals surface area contributed by atoms with E-state index in [0.29, 0.717) is 6.04 Å². The molecule has 1 aliphatic heterocycles. The summed E-state index contributed by atoms with van der Waals surface area (Å²) in [5, 5.41) is 3.40. The monoisotopic (exact) mass is 201 g/mol. The van der Waals surface area contributed by atoms with Crippen LogP contribution in [0.2, 0.25) is 0 Å². The molecule has 2 heterocycles. The van der Waals surface area contributed by atoms with Crippen molar-refractivity contribution in [2.45, 2.75) is 19.4 Å². The standard InChI is InChI=1S/C12H15N3/c1-9-14-11-4-2-3-5-12(11)15(9)10-6-7-13-8-10/h2-5,10,13H,6-8H2,1H3/t10-/m0/s1. The maximum absolute atomic E-state index is 4.59. The number of hydrogen-bond donors (Lipinski definition) is 1. The van der Waals surface area contributed by atoms with Crippen molar-refractivity contribution in [3.63, 3.8) is 0 Å². The lowest BCUT2D eigenvalue weighted by molar-refractivity contribution is 0.548. The molecule has 1 aliphatic rings. The Hall–Kier alpha value is -1.35. The van der Waals surface area contributed by atoms with Gasteiger partial charge in [-0.1, -0.05) is 12.1 Å². The normalized spacial score (nSPS) is 21.3. The lowest BCUT2D eigenvalue weighted by Gasteiger charge is -2.13. The van der Waals surface area contributed by atoms with Crippen LogP contribution in [0.15, 0.2) is 24.3 Å². The van der Waals surface area contributed by atoms with E-state index < -0.39 is 0 Å². The van der Waals surface area contributed by atoms with E-state index in [1.54, 1.807) is 0 Å². The Balaban J connectivity index is 2.19. The second kappa shape index (κ2) is 3.35. The average Bonchev–Trinajstić information content (AvgIpc) is 2.82. The fraction of sp³-hybridized carbons (Fsp3) is 0.417. The van der Waals surface area contributed by atoms with E-state index in [-0.39, 0.29) is 0 Å². The molecular weight excluding hydrogens is 186 g/mol. The summed E-state index contributed by atoms with van der Waals surface area (Å²) < 4.78 is 2.37. The molecule has 0 saturated carbocycles. The quantitative estimate of drug-likeness (QED) is 0.763. The third-order valence-corrected chi connectivity index (χ3v) is 3.17. The number of imidazole rings is 1. The smallest absolute Gasteiger partial charge is 0.107 e. The number of rotatable bonds is 1. The fourth-order valence-corrected chi connectivity index (χ4v) is 2.49. The third kappa shape index (κ3) is 1.35. The van der Waals surface area contributed by atoms with E-state index in [9.17, 15) is 0 Å². The SMILES string of the molecule is Cc1nc2ccccc2n1[C@H]1CCNC1. The predicted octanol–water partition coefficient (Wildman–Crippen LogP) is 1.88. The van der Waals surface area contributed by atoms with Gasteiger partial charge in [-0.3, -0.25) is 0 Å². The molecule has 0 unspecified atom stereocenters. The number of fused-ring (bicyclic) bond motifs is 1. The molecule has 3 heteroatoms. The molecule has 0 radical (unpaired) electrons. The number of nitrogens with one attached hydrogen (secondary N) is 1. The van der Waals surface area contributed by atoms with Gasteiger partial charge in [-0.25, -0.2) is 4.98 Å². The molecule has 1 fully saturated rings. The van der Waals surface area contributed by atoms with Crippen molar-refractivity contribution >= 4 is 11.0 Å². The number of aryl methyl sites for hydroxylation is 1. The first-order chi connectivity index (χ1) is 7.36. The van der Waals surface area contributed by atoms with Crippen LogP contribution in [-0.4, -0.2) is 22.6 Å². The van der Waals surface area contributed by atoms with Crippen LogP contribution in [0.5, 0.6) is 0 Å². The Morgan fingerprint density at radius 2 is 2.27 bits per heavy atom. The molecule has 1 saturated heterocycles. The Morgan fingerprint density at radius 3 is 3.07 bits per heavy atom. The van der Waals surface area contributed by atoms with Gasteiger partial charge in [0.15, 0.2) is 0 Å². The van der Waals surface area contributed by atoms with E-state index in [2.05, 4.69) is 40.0 Å². The topological polar surface area (TPSA) is 29.9 Å². The van der Waals surface area contributed by atoms with Crippen molar-refractivity contribution in [2.75, 3.05) is 13.1 Å². The van der Waals surface area contributed by atoms with Crippen LogP contribution in [0.1, 0.15) is 18.3 Å². The van der Waals surface area contributed by atoms with Crippen molar-refractivity contribution in [3.8, 4) is 0 Å². The summed E-state index contributed by atoms with van der Waals surface area (Å²) in [5.74, 6) is 1.13. The minimum Gasteiger partial charge on any atom is -0.324 e. The summed E-state index contributed by atoms with van der Waals surface area (Å²) in [4.78, 5) is 4.59. The zero-order valence-electron chi connectivity index (χ0n) is 8.90. The molecule has 0 amide bonds. The molecule has 0 spiro atoms. The highest BCUT2D eigenvalue weighted by molar-refractivity contribution is 5.76. The highest BCUT2D eigenvalue weighted by atomic mass is 15.1. The minimum atomic E-state index is 0.581. The van der Waals surface area contributed by atoms with Crippen LogP contribution < -0.4 is 5.32 Å². The fourth-order valence-electron chi connectivity index (χ4n) is 2.49. The summed E-state index contributed by atoms with van der Waals surface area (Å²) in [6, 6.07) is 8.96. The number of nitrogens with zero attached hydrogens (tertiary/aromatic N) is 2. The third-order valence-electron chi connectivity index (χ3n) is 3.17. The maximum atomic E-state index is 4.59.